The van der Waals surface area contributed by atoms with E-state index in [-0.39, 0.29) is 37.0 Å². The lowest BCUT2D eigenvalue weighted by Gasteiger charge is -2.20. The second kappa shape index (κ2) is 6.00. The van der Waals surface area contributed by atoms with Crippen molar-refractivity contribution in [1.29, 1.82) is 0 Å². The van der Waals surface area contributed by atoms with Gasteiger partial charge in [0.25, 0.3) is 0 Å². The van der Waals surface area contributed by atoms with Crippen LogP contribution in [0.5, 0.6) is 0 Å². The van der Waals surface area contributed by atoms with Crippen LogP contribution in [-0.2, 0) is 23.8 Å². The summed E-state index contributed by atoms with van der Waals surface area (Å²) in [4.78, 5) is 22.9. The summed E-state index contributed by atoms with van der Waals surface area (Å²) in [6.45, 7) is 7.60. The highest BCUT2D eigenvalue weighted by molar-refractivity contribution is 5.72. The van der Waals surface area contributed by atoms with Gasteiger partial charge in [-0.3, -0.25) is 9.59 Å². The van der Waals surface area contributed by atoms with Crippen LogP contribution in [0, 0.1) is 11.8 Å². The maximum atomic E-state index is 11.4. The summed E-state index contributed by atoms with van der Waals surface area (Å²) in [6, 6.07) is 0. The highest BCUT2D eigenvalue weighted by atomic mass is 16.6. The molecule has 1 rings (SSSR count). The topological polar surface area (TPSA) is 61.8 Å². The molecule has 1 aliphatic heterocycles. The van der Waals surface area contributed by atoms with Crippen molar-refractivity contribution in [2.45, 2.75) is 39.9 Å². The largest absolute Gasteiger partial charge is 0.456 e. The molecule has 0 N–H and O–H groups in total. The number of hydrogen-bond acceptors (Lipinski definition) is 5. The van der Waals surface area contributed by atoms with E-state index in [1.807, 2.05) is 0 Å². The Morgan fingerprint density at radius 1 is 0.941 bits per heavy atom. The summed E-state index contributed by atoms with van der Waals surface area (Å²) < 4.78 is 15.6. The Hall–Kier alpha value is -1.10. The third kappa shape index (κ3) is 4.00. The first-order chi connectivity index (χ1) is 7.91. The minimum Gasteiger partial charge on any atom is -0.456 e. The smallest absolute Gasteiger partial charge is 0.308 e. The summed E-state index contributed by atoms with van der Waals surface area (Å²) in [5, 5.41) is 0. The van der Waals surface area contributed by atoms with Crippen molar-refractivity contribution < 1.29 is 23.8 Å². The van der Waals surface area contributed by atoms with Crippen molar-refractivity contribution >= 4 is 11.9 Å². The second-order valence-electron chi connectivity index (χ2n) is 4.80. The van der Waals surface area contributed by atoms with E-state index in [4.69, 9.17) is 14.2 Å². The molecular weight excluding hydrogens is 224 g/mol. The predicted molar refractivity (Wildman–Crippen MR) is 60.3 cm³/mol. The molecule has 1 heterocycles. The molecule has 5 nitrogen and oxygen atoms in total. The summed E-state index contributed by atoms with van der Waals surface area (Å²) in [6.07, 6.45) is -0.958. The number of carbonyl (C=O) groups excluding carboxylic acids is 2. The first-order valence-electron chi connectivity index (χ1n) is 5.90. The number of rotatable bonds is 4. The van der Waals surface area contributed by atoms with Crippen LogP contribution in [0.3, 0.4) is 0 Å². The van der Waals surface area contributed by atoms with Gasteiger partial charge in [0.2, 0.25) is 0 Å². The van der Waals surface area contributed by atoms with Crippen molar-refractivity contribution in [3.63, 3.8) is 0 Å². The van der Waals surface area contributed by atoms with Gasteiger partial charge in [0.1, 0.15) is 0 Å². The molecule has 0 spiro atoms. The minimum absolute atomic E-state index is 0.197. The van der Waals surface area contributed by atoms with E-state index >= 15 is 0 Å². The van der Waals surface area contributed by atoms with E-state index in [1.165, 1.54) is 0 Å². The van der Waals surface area contributed by atoms with Crippen molar-refractivity contribution in [2.24, 2.45) is 11.8 Å². The molecule has 1 aliphatic rings. The van der Waals surface area contributed by atoms with Crippen LogP contribution in [0.15, 0.2) is 0 Å². The standard InChI is InChI=1S/C12H20O5/c1-7(2)11(13)16-9-5-15-6-10(9)17-12(14)8(3)4/h7-10H,5-6H2,1-4H3. The van der Waals surface area contributed by atoms with Gasteiger partial charge in [-0.05, 0) is 0 Å². The lowest BCUT2D eigenvalue weighted by atomic mass is 10.2. The maximum absolute atomic E-state index is 11.4. The normalized spacial score (nSPS) is 24.1. The van der Waals surface area contributed by atoms with Crippen LogP contribution in [-0.4, -0.2) is 37.4 Å². The quantitative estimate of drug-likeness (QED) is 0.694. The summed E-state index contributed by atoms with van der Waals surface area (Å²) in [5.74, 6) is -0.994. The van der Waals surface area contributed by atoms with Crippen molar-refractivity contribution in [3.05, 3.63) is 0 Å². The lowest BCUT2D eigenvalue weighted by molar-refractivity contribution is -0.167. The molecule has 1 saturated heterocycles. The zero-order valence-corrected chi connectivity index (χ0v) is 10.8. The van der Waals surface area contributed by atoms with Gasteiger partial charge in [-0.1, -0.05) is 27.7 Å². The zero-order chi connectivity index (χ0) is 13.0. The first kappa shape index (κ1) is 14.0. The van der Waals surface area contributed by atoms with Gasteiger partial charge in [0.05, 0.1) is 25.0 Å². The fourth-order valence-electron chi connectivity index (χ4n) is 1.31. The average molecular weight is 244 g/mol. The van der Waals surface area contributed by atoms with E-state index < -0.39 is 12.2 Å². The number of esters is 2. The monoisotopic (exact) mass is 244 g/mol. The van der Waals surface area contributed by atoms with E-state index in [9.17, 15) is 9.59 Å². The van der Waals surface area contributed by atoms with Gasteiger partial charge in [-0.25, -0.2) is 0 Å². The molecule has 0 amide bonds. The lowest BCUT2D eigenvalue weighted by Crippen LogP contribution is -2.35. The second-order valence-corrected chi connectivity index (χ2v) is 4.80. The van der Waals surface area contributed by atoms with E-state index in [1.54, 1.807) is 27.7 Å². The SMILES string of the molecule is CC(C)C(=O)OC1COCC1OC(=O)C(C)C. The van der Waals surface area contributed by atoms with E-state index in [2.05, 4.69) is 0 Å². The van der Waals surface area contributed by atoms with Crippen LogP contribution in [0.1, 0.15) is 27.7 Å². The third-order valence-corrected chi connectivity index (χ3v) is 2.46. The molecule has 5 heteroatoms. The fourth-order valence-corrected chi connectivity index (χ4v) is 1.31. The Balaban J connectivity index is 2.49. The van der Waals surface area contributed by atoms with E-state index in [0.717, 1.165) is 0 Å². The van der Waals surface area contributed by atoms with Gasteiger partial charge in [0, 0.05) is 0 Å². The van der Waals surface area contributed by atoms with Gasteiger partial charge in [0.15, 0.2) is 12.2 Å². The highest BCUT2D eigenvalue weighted by Crippen LogP contribution is 2.16. The van der Waals surface area contributed by atoms with Gasteiger partial charge >= 0.3 is 11.9 Å². The molecule has 0 aromatic carbocycles. The van der Waals surface area contributed by atoms with Crippen molar-refractivity contribution in [2.75, 3.05) is 13.2 Å². The Morgan fingerprint density at radius 3 is 1.59 bits per heavy atom. The van der Waals surface area contributed by atoms with Crippen molar-refractivity contribution in [1.82, 2.24) is 0 Å². The summed E-state index contributed by atoms with van der Waals surface area (Å²) in [7, 11) is 0. The number of hydrogen-bond donors (Lipinski definition) is 0. The molecule has 2 unspecified atom stereocenters. The Kier molecular flexibility index (Phi) is 4.93. The molecule has 0 saturated carbocycles. The molecule has 98 valence electrons. The number of carbonyl (C=O) groups is 2. The van der Waals surface area contributed by atoms with Crippen LogP contribution >= 0.6 is 0 Å². The van der Waals surface area contributed by atoms with Crippen LogP contribution in [0.25, 0.3) is 0 Å². The molecular formula is C12H20O5. The number of ether oxygens (including phenoxy) is 3. The Morgan fingerprint density at radius 2 is 1.29 bits per heavy atom. The van der Waals surface area contributed by atoms with Gasteiger partial charge < -0.3 is 14.2 Å². The molecule has 0 aromatic rings. The molecule has 1 fully saturated rings. The first-order valence-corrected chi connectivity index (χ1v) is 5.90. The third-order valence-electron chi connectivity index (χ3n) is 2.46. The molecule has 0 aliphatic carbocycles. The highest BCUT2D eigenvalue weighted by Gasteiger charge is 2.35. The van der Waals surface area contributed by atoms with Crippen molar-refractivity contribution in [3.8, 4) is 0 Å². The van der Waals surface area contributed by atoms with Crippen LogP contribution in [0.4, 0.5) is 0 Å². The van der Waals surface area contributed by atoms with Gasteiger partial charge in [-0.2, -0.15) is 0 Å². The average Bonchev–Trinajstić information content (AvgIpc) is 2.65. The summed E-state index contributed by atoms with van der Waals surface area (Å²) in [5.41, 5.74) is 0. The fraction of sp³-hybridized carbons (Fsp3) is 0.833. The van der Waals surface area contributed by atoms with Crippen LogP contribution < -0.4 is 0 Å². The van der Waals surface area contributed by atoms with Crippen LogP contribution in [0.2, 0.25) is 0 Å². The molecule has 2 atom stereocenters. The Bertz CT molecular complexity index is 257. The molecule has 0 bridgehead atoms. The van der Waals surface area contributed by atoms with Gasteiger partial charge in [-0.15, -0.1) is 0 Å². The molecule has 0 aromatic heterocycles. The molecule has 0 radical (unpaired) electrons. The maximum Gasteiger partial charge on any atom is 0.308 e. The molecule has 17 heavy (non-hydrogen) atoms. The predicted octanol–water partition coefficient (Wildman–Crippen LogP) is 1.15. The zero-order valence-electron chi connectivity index (χ0n) is 10.8. The Labute approximate surface area is 101 Å². The minimum atomic E-state index is -0.479. The summed E-state index contributed by atoms with van der Waals surface area (Å²) >= 11 is 0. The van der Waals surface area contributed by atoms with E-state index in [0.29, 0.717) is 0 Å².